The Labute approximate surface area is 136 Å². The number of nitrogens with zero attached hydrogens (tertiary/aromatic N) is 4. The highest BCUT2D eigenvalue weighted by Gasteiger charge is 2.20. The van der Waals surface area contributed by atoms with Crippen molar-refractivity contribution in [3.63, 3.8) is 0 Å². The van der Waals surface area contributed by atoms with Gasteiger partial charge in [0.05, 0.1) is 11.6 Å². The van der Waals surface area contributed by atoms with E-state index in [0.29, 0.717) is 0 Å². The Morgan fingerprint density at radius 2 is 1.73 bits per heavy atom. The van der Waals surface area contributed by atoms with E-state index in [1.807, 2.05) is 6.07 Å². The number of piperazine rings is 1. The van der Waals surface area contributed by atoms with Crippen LogP contribution in [0.5, 0.6) is 5.75 Å². The lowest BCUT2D eigenvalue weighted by atomic mass is 10.2. The number of methoxy groups -OCH3 is 1. The van der Waals surface area contributed by atoms with Gasteiger partial charge in [-0.3, -0.25) is 0 Å². The number of hydrogen-bond donors (Lipinski definition) is 0. The van der Waals surface area contributed by atoms with Crippen molar-refractivity contribution in [2.24, 2.45) is 0 Å². The molecule has 1 aromatic carbocycles. The van der Waals surface area contributed by atoms with E-state index in [0.717, 1.165) is 42.3 Å². The molecule has 0 N–H and O–H groups in total. The molecular weight excluding hydrogens is 351 g/mol. The summed E-state index contributed by atoms with van der Waals surface area (Å²) in [6.07, 6.45) is 3.49. The second-order valence-electron chi connectivity index (χ2n) is 4.99. The molecule has 2 heterocycles. The third-order valence-corrected chi connectivity index (χ3v) is 4.08. The lowest BCUT2D eigenvalue weighted by molar-refractivity contribution is 0.386. The van der Waals surface area contributed by atoms with Crippen LogP contribution in [0.3, 0.4) is 0 Å². The van der Waals surface area contributed by atoms with Crippen LogP contribution >= 0.6 is 15.9 Å². The van der Waals surface area contributed by atoms with Crippen molar-refractivity contribution in [1.29, 1.82) is 0 Å². The third-order valence-electron chi connectivity index (χ3n) is 3.67. The van der Waals surface area contributed by atoms with Gasteiger partial charge in [-0.2, -0.15) is 0 Å². The Kier molecular flexibility index (Phi) is 4.42. The highest BCUT2D eigenvalue weighted by molar-refractivity contribution is 9.10. The van der Waals surface area contributed by atoms with Gasteiger partial charge in [0.15, 0.2) is 11.6 Å². The molecule has 0 bridgehead atoms. The fraction of sp³-hybridized carbons (Fsp3) is 0.333. The SMILES string of the molecule is COc1ccc(N2CCN(c3ncc(Br)cn3)CC2)cc1F. The van der Waals surface area contributed by atoms with Gasteiger partial charge in [0, 0.05) is 50.3 Å². The van der Waals surface area contributed by atoms with Crippen molar-refractivity contribution in [2.75, 3.05) is 43.1 Å². The Balaban J connectivity index is 1.66. The molecule has 5 nitrogen and oxygen atoms in total. The molecule has 1 aliphatic heterocycles. The number of benzene rings is 1. The predicted octanol–water partition coefficient (Wildman–Crippen LogP) is 2.71. The van der Waals surface area contributed by atoms with E-state index in [9.17, 15) is 4.39 Å². The van der Waals surface area contributed by atoms with Crippen LogP contribution in [-0.2, 0) is 0 Å². The van der Waals surface area contributed by atoms with Crippen LogP contribution in [0.4, 0.5) is 16.0 Å². The molecule has 22 heavy (non-hydrogen) atoms. The fourth-order valence-electron chi connectivity index (χ4n) is 2.49. The minimum absolute atomic E-state index is 0.269. The zero-order valence-corrected chi connectivity index (χ0v) is 13.8. The monoisotopic (exact) mass is 366 g/mol. The van der Waals surface area contributed by atoms with Crippen LogP contribution in [-0.4, -0.2) is 43.3 Å². The van der Waals surface area contributed by atoms with E-state index in [1.54, 1.807) is 18.5 Å². The van der Waals surface area contributed by atoms with E-state index in [-0.39, 0.29) is 11.6 Å². The van der Waals surface area contributed by atoms with Gasteiger partial charge >= 0.3 is 0 Å². The van der Waals surface area contributed by atoms with Crippen LogP contribution in [0.15, 0.2) is 35.1 Å². The first-order chi connectivity index (χ1) is 10.7. The summed E-state index contributed by atoms with van der Waals surface area (Å²) >= 11 is 3.33. The van der Waals surface area contributed by atoms with E-state index in [4.69, 9.17) is 4.74 Å². The second-order valence-corrected chi connectivity index (χ2v) is 5.91. The van der Waals surface area contributed by atoms with E-state index < -0.39 is 0 Å². The number of aromatic nitrogens is 2. The highest BCUT2D eigenvalue weighted by atomic mass is 79.9. The molecule has 1 aromatic heterocycles. The van der Waals surface area contributed by atoms with E-state index in [2.05, 4.69) is 35.7 Å². The Morgan fingerprint density at radius 1 is 1.09 bits per heavy atom. The molecule has 7 heteroatoms. The van der Waals surface area contributed by atoms with Gasteiger partial charge in [-0.1, -0.05) is 0 Å². The van der Waals surface area contributed by atoms with Crippen molar-refractivity contribution >= 4 is 27.6 Å². The molecule has 1 aliphatic rings. The van der Waals surface area contributed by atoms with Gasteiger partial charge in [-0.05, 0) is 28.1 Å². The number of rotatable bonds is 3. The maximum atomic E-state index is 13.8. The van der Waals surface area contributed by atoms with Gasteiger partial charge < -0.3 is 14.5 Å². The molecule has 0 radical (unpaired) electrons. The number of hydrogen-bond acceptors (Lipinski definition) is 5. The van der Waals surface area contributed by atoms with Crippen LogP contribution in [0.25, 0.3) is 0 Å². The molecule has 116 valence electrons. The Morgan fingerprint density at radius 3 is 2.32 bits per heavy atom. The van der Waals surface area contributed by atoms with Crippen molar-refractivity contribution in [1.82, 2.24) is 9.97 Å². The number of anilines is 2. The molecule has 0 atom stereocenters. The van der Waals surface area contributed by atoms with Crippen LogP contribution < -0.4 is 14.5 Å². The summed E-state index contributed by atoms with van der Waals surface area (Å²) in [7, 11) is 1.47. The first kappa shape index (κ1) is 15.0. The molecule has 2 aromatic rings. The standard InChI is InChI=1S/C15H16BrFN4O/c1-22-14-3-2-12(8-13(14)17)20-4-6-21(7-5-20)15-18-9-11(16)10-19-15/h2-3,8-10H,4-7H2,1H3. The van der Waals surface area contributed by atoms with Crippen molar-refractivity contribution in [3.8, 4) is 5.75 Å². The summed E-state index contributed by atoms with van der Waals surface area (Å²) in [4.78, 5) is 12.9. The Bertz CT molecular complexity index is 644. The first-order valence-corrected chi connectivity index (χ1v) is 7.77. The first-order valence-electron chi connectivity index (χ1n) is 6.98. The number of ether oxygens (including phenoxy) is 1. The molecule has 0 saturated carbocycles. The normalized spacial score (nSPS) is 15.0. The van der Waals surface area contributed by atoms with Crippen molar-refractivity contribution < 1.29 is 9.13 Å². The highest BCUT2D eigenvalue weighted by Crippen LogP contribution is 2.25. The summed E-state index contributed by atoms with van der Waals surface area (Å²) in [6.45, 7) is 3.20. The average Bonchev–Trinajstić information content (AvgIpc) is 2.56. The maximum absolute atomic E-state index is 13.8. The average molecular weight is 367 g/mol. The maximum Gasteiger partial charge on any atom is 0.225 e. The number of halogens is 2. The third kappa shape index (κ3) is 3.14. The van der Waals surface area contributed by atoms with Crippen LogP contribution in [0.1, 0.15) is 0 Å². The molecule has 0 spiro atoms. The molecule has 0 aliphatic carbocycles. The predicted molar refractivity (Wildman–Crippen MR) is 87.1 cm³/mol. The molecule has 0 unspecified atom stereocenters. The molecule has 3 rings (SSSR count). The van der Waals surface area contributed by atoms with Gasteiger partial charge in [0.1, 0.15) is 0 Å². The van der Waals surface area contributed by atoms with E-state index >= 15 is 0 Å². The second kappa shape index (κ2) is 6.48. The molecule has 0 amide bonds. The van der Waals surface area contributed by atoms with Crippen molar-refractivity contribution in [3.05, 3.63) is 40.9 Å². The summed E-state index contributed by atoms with van der Waals surface area (Å²) in [5, 5.41) is 0. The van der Waals surface area contributed by atoms with Gasteiger partial charge in [0.25, 0.3) is 0 Å². The molecule has 1 fully saturated rings. The lowest BCUT2D eigenvalue weighted by Crippen LogP contribution is -2.47. The lowest BCUT2D eigenvalue weighted by Gasteiger charge is -2.36. The van der Waals surface area contributed by atoms with Gasteiger partial charge in [0.2, 0.25) is 5.95 Å². The van der Waals surface area contributed by atoms with Crippen LogP contribution in [0.2, 0.25) is 0 Å². The summed E-state index contributed by atoms with van der Waals surface area (Å²) < 4.78 is 19.6. The Hall–Kier alpha value is -1.89. The van der Waals surface area contributed by atoms with E-state index in [1.165, 1.54) is 13.2 Å². The smallest absolute Gasteiger partial charge is 0.225 e. The van der Waals surface area contributed by atoms with Gasteiger partial charge in [-0.15, -0.1) is 0 Å². The summed E-state index contributed by atoms with van der Waals surface area (Å²) in [6, 6.07) is 5.06. The largest absolute Gasteiger partial charge is 0.494 e. The summed E-state index contributed by atoms with van der Waals surface area (Å²) in [5.41, 5.74) is 0.870. The molecule has 1 saturated heterocycles. The quantitative estimate of drug-likeness (QED) is 0.835. The topological polar surface area (TPSA) is 41.5 Å². The minimum Gasteiger partial charge on any atom is -0.494 e. The fourth-order valence-corrected chi connectivity index (χ4v) is 2.69. The minimum atomic E-state index is -0.335. The zero-order chi connectivity index (χ0) is 15.5. The summed E-state index contributed by atoms with van der Waals surface area (Å²) in [5.74, 6) is 0.660. The van der Waals surface area contributed by atoms with Crippen LogP contribution in [0, 0.1) is 5.82 Å². The molecular formula is C15H16BrFN4O. The van der Waals surface area contributed by atoms with Crippen molar-refractivity contribution in [2.45, 2.75) is 0 Å². The van der Waals surface area contributed by atoms with Gasteiger partial charge in [-0.25, -0.2) is 14.4 Å². The zero-order valence-electron chi connectivity index (χ0n) is 12.2.